The van der Waals surface area contributed by atoms with Crippen molar-refractivity contribution in [2.75, 3.05) is 19.1 Å². The van der Waals surface area contributed by atoms with Crippen LogP contribution in [0, 0.1) is 0 Å². The van der Waals surface area contributed by atoms with Crippen LogP contribution in [-0.2, 0) is 6.54 Å². The lowest BCUT2D eigenvalue weighted by molar-refractivity contribution is 0.0982. The van der Waals surface area contributed by atoms with Crippen LogP contribution in [0.2, 0.25) is 10.0 Å². The van der Waals surface area contributed by atoms with Gasteiger partial charge in [0, 0.05) is 5.02 Å². The van der Waals surface area contributed by atoms with E-state index in [-0.39, 0.29) is 5.91 Å². The summed E-state index contributed by atoms with van der Waals surface area (Å²) < 4.78 is 11.6. The highest BCUT2D eigenvalue weighted by atomic mass is 35.5. The van der Waals surface area contributed by atoms with Gasteiger partial charge in [-0.3, -0.25) is 9.69 Å². The molecule has 0 N–H and O–H groups in total. The van der Waals surface area contributed by atoms with Gasteiger partial charge in [0.15, 0.2) is 5.13 Å². The molecule has 3 aromatic carbocycles. The zero-order valence-electron chi connectivity index (χ0n) is 16.8. The molecule has 0 atom stereocenters. The molecule has 31 heavy (non-hydrogen) atoms. The van der Waals surface area contributed by atoms with E-state index in [9.17, 15) is 4.79 Å². The number of nitrogens with zero attached hydrogens (tertiary/aromatic N) is 2. The minimum Gasteiger partial charge on any atom is -0.496 e. The average Bonchev–Trinajstić information content (AvgIpc) is 3.24. The molecule has 0 spiro atoms. The molecule has 0 aliphatic carbocycles. The first-order chi connectivity index (χ1) is 15.0. The van der Waals surface area contributed by atoms with Gasteiger partial charge >= 0.3 is 0 Å². The molecule has 1 aromatic heterocycles. The van der Waals surface area contributed by atoms with Gasteiger partial charge in [-0.1, -0.05) is 64.9 Å². The smallest absolute Gasteiger partial charge is 0.264 e. The van der Waals surface area contributed by atoms with E-state index in [4.69, 9.17) is 37.7 Å². The number of benzene rings is 3. The summed E-state index contributed by atoms with van der Waals surface area (Å²) >= 11 is 13.9. The van der Waals surface area contributed by atoms with Gasteiger partial charge in [0.05, 0.1) is 36.1 Å². The van der Waals surface area contributed by atoms with Gasteiger partial charge in [-0.05, 0) is 35.9 Å². The number of aromatic nitrogens is 1. The van der Waals surface area contributed by atoms with Gasteiger partial charge in [-0.2, -0.15) is 0 Å². The maximum atomic E-state index is 13.7. The minimum atomic E-state index is -0.280. The molecule has 4 aromatic rings. The van der Waals surface area contributed by atoms with Crippen LogP contribution < -0.4 is 14.4 Å². The predicted octanol–water partition coefficient (Wildman–Crippen LogP) is 6.47. The largest absolute Gasteiger partial charge is 0.496 e. The Bertz CT molecular complexity index is 1240. The highest BCUT2D eigenvalue weighted by molar-refractivity contribution is 7.23. The normalized spacial score (nSPS) is 10.8. The first kappa shape index (κ1) is 21.4. The highest BCUT2D eigenvalue weighted by Crippen LogP contribution is 2.40. The van der Waals surface area contributed by atoms with E-state index < -0.39 is 0 Å². The van der Waals surface area contributed by atoms with Crippen molar-refractivity contribution in [2.45, 2.75) is 6.54 Å². The summed E-state index contributed by atoms with van der Waals surface area (Å²) in [6, 6.07) is 18.2. The minimum absolute atomic E-state index is 0.280. The van der Waals surface area contributed by atoms with Crippen molar-refractivity contribution in [3.8, 4) is 11.5 Å². The molecular weight excluding hydrogens is 455 g/mol. The lowest BCUT2D eigenvalue weighted by atomic mass is 10.1. The number of carbonyl (C=O) groups is 1. The number of amides is 1. The number of hydrogen-bond acceptors (Lipinski definition) is 5. The van der Waals surface area contributed by atoms with E-state index in [1.54, 1.807) is 42.3 Å². The van der Waals surface area contributed by atoms with Crippen LogP contribution in [0.1, 0.15) is 15.9 Å². The summed E-state index contributed by atoms with van der Waals surface area (Å²) in [5.74, 6) is 0.746. The fourth-order valence-electron chi connectivity index (χ4n) is 3.21. The Morgan fingerprint density at radius 2 is 1.71 bits per heavy atom. The zero-order chi connectivity index (χ0) is 22.0. The second-order valence-electron chi connectivity index (χ2n) is 6.65. The quantitative estimate of drug-likeness (QED) is 0.322. The number of rotatable bonds is 6. The Balaban J connectivity index is 1.86. The lowest BCUT2D eigenvalue weighted by Crippen LogP contribution is -2.30. The van der Waals surface area contributed by atoms with Crippen molar-refractivity contribution in [3.05, 3.63) is 81.8 Å². The number of methoxy groups -OCH3 is 2. The van der Waals surface area contributed by atoms with Crippen LogP contribution in [0.5, 0.6) is 11.5 Å². The van der Waals surface area contributed by atoms with Gasteiger partial charge in [-0.15, -0.1) is 0 Å². The van der Waals surface area contributed by atoms with Gasteiger partial charge < -0.3 is 9.47 Å². The molecular formula is C23H18Cl2N2O3S. The topological polar surface area (TPSA) is 51.7 Å². The third-order valence-electron chi connectivity index (χ3n) is 4.72. The molecule has 1 amide bonds. The van der Waals surface area contributed by atoms with E-state index in [0.29, 0.717) is 44.3 Å². The summed E-state index contributed by atoms with van der Waals surface area (Å²) in [7, 11) is 3.09. The fourth-order valence-corrected chi connectivity index (χ4v) is 4.63. The van der Waals surface area contributed by atoms with Crippen molar-refractivity contribution >= 4 is 55.8 Å². The van der Waals surface area contributed by atoms with Gasteiger partial charge in [0.25, 0.3) is 5.91 Å². The van der Waals surface area contributed by atoms with E-state index in [2.05, 4.69) is 0 Å². The lowest BCUT2D eigenvalue weighted by Gasteiger charge is -2.21. The maximum Gasteiger partial charge on any atom is 0.264 e. The molecule has 4 rings (SSSR count). The molecule has 0 saturated carbocycles. The van der Waals surface area contributed by atoms with Crippen LogP contribution in [0.4, 0.5) is 5.13 Å². The second-order valence-corrected chi connectivity index (χ2v) is 8.47. The fraction of sp³-hybridized carbons (Fsp3) is 0.130. The number of hydrogen-bond donors (Lipinski definition) is 0. The van der Waals surface area contributed by atoms with Crippen molar-refractivity contribution in [2.24, 2.45) is 0 Å². The Kier molecular flexibility index (Phi) is 6.32. The predicted molar refractivity (Wildman–Crippen MR) is 126 cm³/mol. The highest BCUT2D eigenvalue weighted by Gasteiger charge is 2.26. The summed E-state index contributed by atoms with van der Waals surface area (Å²) in [4.78, 5) is 20.0. The monoisotopic (exact) mass is 472 g/mol. The van der Waals surface area contributed by atoms with Crippen LogP contribution in [0.3, 0.4) is 0 Å². The van der Waals surface area contributed by atoms with Crippen molar-refractivity contribution < 1.29 is 14.3 Å². The van der Waals surface area contributed by atoms with Crippen molar-refractivity contribution in [1.82, 2.24) is 4.98 Å². The summed E-state index contributed by atoms with van der Waals surface area (Å²) in [5, 5.41) is 1.49. The third-order valence-corrected chi connectivity index (χ3v) is 6.49. The zero-order valence-corrected chi connectivity index (χ0v) is 19.1. The number of halogens is 2. The molecule has 0 saturated heterocycles. The van der Waals surface area contributed by atoms with Gasteiger partial charge in [-0.25, -0.2) is 4.98 Å². The molecule has 0 aliphatic heterocycles. The number of thiazole rings is 1. The number of ether oxygens (including phenoxy) is 2. The van der Waals surface area contributed by atoms with E-state index in [1.165, 1.54) is 18.4 Å². The van der Waals surface area contributed by atoms with Crippen LogP contribution in [0.25, 0.3) is 10.2 Å². The first-order valence-corrected chi connectivity index (χ1v) is 10.9. The number of anilines is 1. The van der Waals surface area contributed by atoms with Crippen molar-refractivity contribution in [1.29, 1.82) is 0 Å². The van der Waals surface area contributed by atoms with Crippen LogP contribution >= 0.6 is 34.5 Å². The SMILES string of the molecule is COc1ccc(Cl)cc1C(=O)N(Cc1ccccc1)c1nc2c(OC)ccc(Cl)c2s1. The van der Waals surface area contributed by atoms with E-state index in [1.807, 2.05) is 30.3 Å². The molecule has 0 aliphatic rings. The van der Waals surface area contributed by atoms with E-state index in [0.717, 1.165) is 10.3 Å². The van der Waals surface area contributed by atoms with Crippen LogP contribution in [-0.4, -0.2) is 25.1 Å². The molecule has 0 unspecified atom stereocenters. The van der Waals surface area contributed by atoms with Crippen molar-refractivity contribution in [3.63, 3.8) is 0 Å². The first-order valence-electron chi connectivity index (χ1n) is 9.34. The molecule has 8 heteroatoms. The molecule has 0 radical (unpaired) electrons. The molecule has 5 nitrogen and oxygen atoms in total. The Labute approximate surface area is 193 Å². The van der Waals surface area contributed by atoms with Crippen LogP contribution in [0.15, 0.2) is 60.7 Å². The second kappa shape index (κ2) is 9.14. The summed E-state index contributed by atoms with van der Waals surface area (Å²) in [6.45, 7) is 0.315. The molecule has 0 fully saturated rings. The molecule has 0 bridgehead atoms. The summed E-state index contributed by atoms with van der Waals surface area (Å²) in [6.07, 6.45) is 0. The molecule has 1 heterocycles. The Hall–Kier alpha value is -2.80. The number of fused-ring (bicyclic) bond motifs is 1. The summed E-state index contributed by atoms with van der Waals surface area (Å²) in [5.41, 5.74) is 1.91. The standard InChI is InChI=1S/C23H18Cl2N2O3S/c1-29-18-10-8-15(24)12-16(18)22(28)27(13-14-6-4-3-5-7-14)23-26-20-19(30-2)11-9-17(25)21(20)31-23/h3-12H,13H2,1-2H3. The molecule has 158 valence electrons. The maximum absolute atomic E-state index is 13.7. The third kappa shape index (κ3) is 4.32. The van der Waals surface area contributed by atoms with Gasteiger partial charge in [0.1, 0.15) is 17.0 Å². The average molecular weight is 473 g/mol. The Morgan fingerprint density at radius 3 is 2.42 bits per heavy atom. The number of carbonyl (C=O) groups excluding carboxylic acids is 1. The van der Waals surface area contributed by atoms with Gasteiger partial charge in [0.2, 0.25) is 0 Å². The Morgan fingerprint density at radius 1 is 1.00 bits per heavy atom. The van der Waals surface area contributed by atoms with E-state index >= 15 is 0 Å².